The number of nitrogens with zero attached hydrogens (tertiary/aromatic N) is 2. The van der Waals surface area contributed by atoms with Gasteiger partial charge in [-0.25, -0.2) is 9.97 Å². The summed E-state index contributed by atoms with van der Waals surface area (Å²) in [5, 5.41) is 6.22. The minimum Gasteiger partial charge on any atom is -0.373 e. The molecule has 4 nitrogen and oxygen atoms in total. The van der Waals surface area contributed by atoms with Crippen LogP contribution in [0.5, 0.6) is 0 Å². The molecule has 1 aromatic heterocycles. The van der Waals surface area contributed by atoms with Gasteiger partial charge in [0.15, 0.2) is 0 Å². The second-order valence-corrected chi connectivity index (χ2v) is 4.31. The lowest BCUT2D eigenvalue weighted by Crippen LogP contribution is -1.98. The number of aromatic nitrogens is 2. The summed E-state index contributed by atoms with van der Waals surface area (Å²) >= 11 is 2.28. The van der Waals surface area contributed by atoms with Crippen molar-refractivity contribution in [3.8, 4) is 0 Å². The predicted molar refractivity (Wildman–Crippen MR) is 74.0 cm³/mol. The number of nitrogens with one attached hydrogen (secondary N) is 2. The Balaban J connectivity index is 2.24. The van der Waals surface area contributed by atoms with Gasteiger partial charge in [0.1, 0.15) is 18.0 Å². The lowest BCUT2D eigenvalue weighted by Gasteiger charge is -2.08. The molecular weight excluding hydrogens is 315 g/mol. The van der Waals surface area contributed by atoms with Gasteiger partial charge in [-0.3, -0.25) is 0 Å². The fraction of sp³-hybridized carbons (Fsp3) is 0.0909. The Morgan fingerprint density at radius 1 is 1.12 bits per heavy atom. The number of para-hydroxylation sites is 1. The predicted octanol–water partition coefficient (Wildman–Crippen LogP) is 2.87. The maximum absolute atomic E-state index is 4.16. The molecule has 1 aromatic carbocycles. The lowest BCUT2D eigenvalue weighted by molar-refractivity contribution is 1.16. The van der Waals surface area contributed by atoms with Crippen molar-refractivity contribution in [1.82, 2.24) is 9.97 Å². The molecule has 0 radical (unpaired) electrons. The summed E-state index contributed by atoms with van der Waals surface area (Å²) in [6.07, 6.45) is 1.53. The molecule has 0 atom stereocenters. The summed E-state index contributed by atoms with van der Waals surface area (Å²) in [6.45, 7) is 0. The van der Waals surface area contributed by atoms with Crippen molar-refractivity contribution in [2.75, 3.05) is 17.7 Å². The van der Waals surface area contributed by atoms with E-state index in [9.17, 15) is 0 Å². The minimum absolute atomic E-state index is 0.781. The van der Waals surface area contributed by atoms with E-state index in [4.69, 9.17) is 0 Å². The van der Waals surface area contributed by atoms with Crippen LogP contribution < -0.4 is 10.6 Å². The molecule has 0 amide bonds. The number of hydrogen-bond acceptors (Lipinski definition) is 4. The first-order valence-electron chi connectivity index (χ1n) is 4.81. The summed E-state index contributed by atoms with van der Waals surface area (Å²) in [7, 11) is 1.83. The summed E-state index contributed by atoms with van der Waals surface area (Å²) < 4.78 is 1.16. The van der Waals surface area contributed by atoms with E-state index in [1.165, 1.54) is 6.33 Å². The normalized spacial score (nSPS) is 9.88. The average molecular weight is 326 g/mol. The molecule has 0 aliphatic carbocycles. The van der Waals surface area contributed by atoms with E-state index in [0.717, 1.165) is 20.9 Å². The van der Waals surface area contributed by atoms with E-state index in [1.807, 2.05) is 37.4 Å². The van der Waals surface area contributed by atoms with Crippen LogP contribution in [0, 0.1) is 3.57 Å². The van der Waals surface area contributed by atoms with Gasteiger partial charge in [0.05, 0.1) is 5.69 Å². The van der Waals surface area contributed by atoms with Gasteiger partial charge in [0.2, 0.25) is 0 Å². The van der Waals surface area contributed by atoms with Crippen molar-refractivity contribution < 1.29 is 0 Å². The average Bonchev–Trinajstić information content (AvgIpc) is 2.32. The molecule has 0 aliphatic heterocycles. The van der Waals surface area contributed by atoms with E-state index >= 15 is 0 Å². The SMILES string of the molecule is CNc1cc(Nc2ccccc2I)ncn1. The molecular formula is C11H11IN4. The number of rotatable bonds is 3. The van der Waals surface area contributed by atoms with Crippen LogP contribution in [0.15, 0.2) is 36.7 Å². The first-order valence-corrected chi connectivity index (χ1v) is 5.89. The van der Waals surface area contributed by atoms with Crippen LogP contribution in [0.3, 0.4) is 0 Å². The van der Waals surface area contributed by atoms with Crippen molar-refractivity contribution in [2.45, 2.75) is 0 Å². The molecule has 82 valence electrons. The van der Waals surface area contributed by atoms with Crippen LogP contribution in [-0.2, 0) is 0 Å². The summed E-state index contributed by atoms with van der Waals surface area (Å²) in [4.78, 5) is 8.22. The Morgan fingerprint density at radius 2 is 1.88 bits per heavy atom. The van der Waals surface area contributed by atoms with E-state index in [-0.39, 0.29) is 0 Å². The third kappa shape index (κ3) is 2.60. The molecule has 0 saturated heterocycles. The zero-order valence-corrected chi connectivity index (χ0v) is 10.9. The highest BCUT2D eigenvalue weighted by molar-refractivity contribution is 14.1. The van der Waals surface area contributed by atoms with Crippen LogP contribution in [0.4, 0.5) is 17.3 Å². The monoisotopic (exact) mass is 326 g/mol. The first kappa shape index (κ1) is 11.1. The van der Waals surface area contributed by atoms with Gasteiger partial charge < -0.3 is 10.6 Å². The van der Waals surface area contributed by atoms with Crippen LogP contribution in [-0.4, -0.2) is 17.0 Å². The van der Waals surface area contributed by atoms with E-state index in [2.05, 4.69) is 43.2 Å². The van der Waals surface area contributed by atoms with Crippen molar-refractivity contribution in [3.05, 3.63) is 40.2 Å². The smallest absolute Gasteiger partial charge is 0.135 e. The maximum Gasteiger partial charge on any atom is 0.135 e. The largest absolute Gasteiger partial charge is 0.373 e. The topological polar surface area (TPSA) is 49.8 Å². The van der Waals surface area contributed by atoms with Crippen LogP contribution in [0.25, 0.3) is 0 Å². The molecule has 0 aliphatic rings. The van der Waals surface area contributed by atoms with Crippen LogP contribution in [0.2, 0.25) is 0 Å². The zero-order valence-electron chi connectivity index (χ0n) is 8.74. The highest BCUT2D eigenvalue weighted by Crippen LogP contribution is 2.21. The quantitative estimate of drug-likeness (QED) is 0.852. The fourth-order valence-electron chi connectivity index (χ4n) is 1.26. The van der Waals surface area contributed by atoms with E-state index < -0.39 is 0 Å². The number of hydrogen-bond donors (Lipinski definition) is 2. The Bertz CT molecular complexity index is 487. The summed E-state index contributed by atoms with van der Waals surface area (Å²) in [5.74, 6) is 1.58. The van der Waals surface area contributed by atoms with Gasteiger partial charge in [0.25, 0.3) is 0 Å². The van der Waals surface area contributed by atoms with E-state index in [0.29, 0.717) is 0 Å². The molecule has 1 heterocycles. The number of anilines is 3. The first-order chi connectivity index (χ1) is 7.79. The van der Waals surface area contributed by atoms with Crippen molar-refractivity contribution in [2.24, 2.45) is 0 Å². The number of halogens is 1. The van der Waals surface area contributed by atoms with Crippen LogP contribution in [0.1, 0.15) is 0 Å². The second kappa shape index (κ2) is 5.11. The van der Waals surface area contributed by atoms with Gasteiger partial charge in [-0.05, 0) is 34.7 Å². The van der Waals surface area contributed by atoms with Crippen molar-refractivity contribution in [3.63, 3.8) is 0 Å². The molecule has 0 saturated carbocycles. The Morgan fingerprint density at radius 3 is 2.62 bits per heavy atom. The molecule has 16 heavy (non-hydrogen) atoms. The molecule has 2 N–H and O–H groups in total. The van der Waals surface area contributed by atoms with Gasteiger partial charge in [0, 0.05) is 16.7 Å². The zero-order chi connectivity index (χ0) is 11.4. The molecule has 2 rings (SSSR count). The molecule has 2 aromatic rings. The van der Waals surface area contributed by atoms with Gasteiger partial charge >= 0.3 is 0 Å². The molecule has 0 spiro atoms. The Labute approximate surface area is 108 Å². The molecule has 5 heteroatoms. The van der Waals surface area contributed by atoms with E-state index in [1.54, 1.807) is 0 Å². The number of benzene rings is 1. The fourth-order valence-corrected chi connectivity index (χ4v) is 1.79. The highest BCUT2D eigenvalue weighted by atomic mass is 127. The summed E-state index contributed by atoms with van der Waals surface area (Å²) in [6, 6.07) is 9.92. The highest BCUT2D eigenvalue weighted by Gasteiger charge is 2.00. The molecule has 0 fully saturated rings. The van der Waals surface area contributed by atoms with Crippen LogP contribution >= 0.6 is 22.6 Å². The van der Waals surface area contributed by atoms with Crippen molar-refractivity contribution in [1.29, 1.82) is 0 Å². The molecule has 0 bridgehead atoms. The van der Waals surface area contributed by atoms with Crippen molar-refractivity contribution >= 4 is 39.9 Å². The van der Waals surface area contributed by atoms with Gasteiger partial charge in [-0.15, -0.1) is 0 Å². The third-order valence-electron chi connectivity index (χ3n) is 2.06. The maximum atomic E-state index is 4.16. The second-order valence-electron chi connectivity index (χ2n) is 3.14. The standard InChI is InChI=1S/C11H11IN4/c1-13-10-6-11(15-7-14-10)16-9-5-3-2-4-8(9)12/h2-7H,1H3,(H2,13,14,15,16). The lowest BCUT2D eigenvalue weighted by atomic mass is 10.3. The third-order valence-corrected chi connectivity index (χ3v) is 3.00. The van der Waals surface area contributed by atoms with Gasteiger partial charge in [-0.2, -0.15) is 0 Å². The Kier molecular flexibility index (Phi) is 3.55. The van der Waals surface area contributed by atoms with Gasteiger partial charge in [-0.1, -0.05) is 12.1 Å². The Hall–Kier alpha value is -1.37. The minimum atomic E-state index is 0.781. The summed E-state index contributed by atoms with van der Waals surface area (Å²) in [5.41, 5.74) is 1.05. The molecule has 0 unspecified atom stereocenters.